The van der Waals surface area contributed by atoms with Crippen LogP contribution in [0, 0.1) is 0 Å². The summed E-state index contributed by atoms with van der Waals surface area (Å²) in [5.74, 6) is -1.03. The van der Waals surface area contributed by atoms with Crippen LogP contribution in [-0.2, 0) is 28.6 Å². The highest BCUT2D eigenvalue weighted by Crippen LogP contribution is 2.11. The molecule has 6 nitrogen and oxygen atoms in total. The van der Waals surface area contributed by atoms with E-state index in [1.165, 1.54) is 57.8 Å². The first-order chi connectivity index (χ1) is 29.0. The van der Waals surface area contributed by atoms with Gasteiger partial charge in [0.1, 0.15) is 13.2 Å². The summed E-state index contributed by atoms with van der Waals surface area (Å²) >= 11 is 0. The van der Waals surface area contributed by atoms with Crippen LogP contribution in [0.4, 0.5) is 0 Å². The number of unbranched alkanes of at least 4 members (excludes halogenated alkanes) is 14. The molecule has 0 aliphatic rings. The van der Waals surface area contributed by atoms with Crippen LogP contribution in [0.3, 0.4) is 0 Å². The molecule has 0 amide bonds. The number of carbonyl (C=O) groups excluding carboxylic acids is 3. The molecule has 0 bridgehead atoms. The molecular formula is C53H86O6. The second kappa shape index (κ2) is 47.0. The molecule has 0 aliphatic heterocycles. The van der Waals surface area contributed by atoms with Gasteiger partial charge in [0.2, 0.25) is 0 Å². The Hall–Kier alpha value is -3.67. The lowest BCUT2D eigenvalue weighted by Gasteiger charge is -2.18. The molecule has 0 rings (SSSR count). The van der Waals surface area contributed by atoms with Gasteiger partial charge < -0.3 is 14.2 Å². The van der Waals surface area contributed by atoms with E-state index in [1.54, 1.807) is 0 Å². The van der Waals surface area contributed by atoms with E-state index >= 15 is 0 Å². The first-order valence-corrected chi connectivity index (χ1v) is 23.7. The molecule has 0 fully saturated rings. The van der Waals surface area contributed by atoms with Gasteiger partial charge in [-0.25, -0.2) is 0 Å². The average molecular weight is 819 g/mol. The zero-order chi connectivity index (χ0) is 43.0. The fourth-order valence-corrected chi connectivity index (χ4v) is 5.97. The summed E-state index contributed by atoms with van der Waals surface area (Å²) in [5, 5.41) is 0. The molecule has 1 unspecified atom stereocenters. The van der Waals surface area contributed by atoms with Crippen molar-refractivity contribution in [3.8, 4) is 0 Å². The van der Waals surface area contributed by atoms with E-state index in [1.807, 2.05) is 0 Å². The lowest BCUT2D eigenvalue weighted by molar-refractivity contribution is -0.167. The molecule has 1 atom stereocenters. The molecule has 0 aromatic rings. The van der Waals surface area contributed by atoms with E-state index in [0.29, 0.717) is 19.3 Å². The van der Waals surface area contributed by atoms with Gasteiger partial charge in [-0.2, -0.15) is 0 Å². The molecule has 0 N–H and O–H groups in total. The fraction of sp³-hybridized carbons (Fsp3) is 0.642. The first kappa shape index (κ1) is 55.3. The van der Waals surface area contributed by atoms with Crippen molar-refractivity contribution in [2.45, 2.75) is 207 Å². The highest BCUT2D eigenvalue weighted by molar-refractivity contribution is 5.71. The number of ether oxygens (including phenoxy) is 3. The number of rotatable bonds is 41. The summed E-state index contributed by atoms with van der Waals surface area (Å²) in [4.78, 5) is 37.8. The van der Waals surface area contributed by atoms with Crippen LogP contribution in [0.1, 0.15) is 201 Å². The topological polar surface area (TPSA) is 78.9 Å². The number of carbonyl (C=O) groups is 3. The maximum absolute atomic E-state index is 12.7. The van der Waals surface area contributed by atoms with Crippen molar-refractivity contribution in [3.63, 3.8) is 0 Å². The monoisotopic (exact) mass is 819 g/mol. The zero-order valence-corrected chi connectivity index (χ0v) is 38.0. The Morgan fingerprint density at radius 3 is 1.15 bits per heavy atom. The van der Waals surface area contributed by atoms with Gasteiger partial charge >= 0.3 is 17.9 Å². The third-order valence-electron chi connectivity index (χ3n) is 9.54. The number of allylic oxidation sites excluding steroid dienone is 16. The molecule has 0 saturated heterocycles. The molecule has 0 aromatic carbocycles. The molecule has 6 heteroatoms. The van der Waals surface area contributed by atoms with Crippen molar-refractivity contribution in [2.24, 2.45) is 0 Å². The average Bonchev–Trinajstić information content (AvgIpc) is 3.23. The Labute approximate surface area is 362 Å². The standard InChI is InChI=1S/C53H86O6/c1-4-7-10-13-16-19-22-25-26-27-28-29-32-34-37-40-43-46-52(55)58-49-50(59-53(56)47-44-41-38-35-31-24-21-18-15-12-9-6-3)48-57-51(54)45-42-39-36-33-30-23-20-17-14-11-8-5-2/h9,12,16-21,25-26,28-29,31,34-35,37,50H,4-8,10-11,13-15,22-24,27,30,32-33,36,38-49H2,1-3H3/b12-9-,19-16-,20-17-,21-18-,26-25-,29-28-,35-31-,37-34-. The van der Waals surface area contributed by atoms with Crippen LogP contribution >= 0.6 is 0 Å². The van der Waals surface area contributed by atoms with Gasteiger partial charge in [0.25, 0.3) is 0 Å². The van der Waals surface area contributed by atoms with E-state index in [0.717, 1.165) is 89.9 Å². The highest BCUT2D eigenvalue weighted by atomic mass is 16.6. The molecule has 0 saturated carbocycles. The van der Waals surface area contributed by atoms with Crippen molar-refractivity contribution in [3.05, 3.63) is 97.2 Å². The summed E-state index contributed by atoms with van der Waals surface area (Å²) < 4.78 is 16.6. The van der Waals surface area contributed by atoms with E-state index in [2.05, 4.69) is 118 Å². The van der Waals surface area contributed by atoms with Crippen LogP contribution < -0.4 is 0 Å². The Bertz CT molecular complexity index is 1220. The predicted molar refractivity (Wildman–Crippen MR) is 251 cm³/mol. The maximum atomic E-state index is 12.7. The molecule has 0 radical (unpaired) electrons. The molecule has 0 heterocycles. The number of hydrogen-bond acceptors (Lipinski definition) is 6. The second-order valence-electron chi connectivity index (χ2n) is 15.3. The largest absolute Gasteiger partial charge is 0.462 e. The van der Waals surface area contributed by atoms with Gasteiger partial charge in [-0.05, 0) is 116 Å². The van der Waals surface area contributed by atoms with E-state index < -0.39 is 6.10 Å². The highest BCUT2D eigenvalue weighted by Gasteiger charge is 2.19. The van der Waals surface area contributed by atoms with Crippen molar-refractivity contribution in [2.75, 3.05) is 13.2 Å². The van der Waals surface area contributed by atoms with Crippen LogP contribution in [0.5, 0.6) is 0 Å². The van der Waals surface area contributed by atoms with E-state index in [9.17, 15) is 14.4 Å². The molecular weight excluding hydrogens is 733 g/mol. The smallest absolute Gasteiger partial charge is 0.306 e. The Morgan fingerprint density at radius 1 is 0.356 bits per heavy atom. The minimum atomic E-state index is -0.821. The Morgan fingerprint density at radius 2 is 0.678 bits per heavy atom. The van der Waals surface area contributed by atoms with Gasteiger partial charge in [-0.1, -0.05) is 163 Å². The Balaban J connectivity index is 4.54. The summed E-state index contributed by atoms with van der Waals surface area (Å²) in [5.41, 5.74) is 0. The van der Waals surface area contributed by atoms with Crippen molar-refractivity contribution in [1.29, 1.82) is 0 Å². The summed E-state index contributed by atoms with van der Waals surface area (Å²) in [6, 6.07) is 0. The van der Waals surface area contributed by atoms with Crippen LogP contribution in [0.25, 0.3) is 0 Å². The molecule has 0 spiro atoms. The molecule has 0 aromatic heterocycles. The molecule has 59 heavy (non-hydrogen) atoms. The van der Waals surface area contributed by atoms with Crippen molar-refractivity contribution >= 4 is 17.9 Å². The third kappa shape index (κ3) is 45.3. The Kier molecular flexibility index (Phi) is 44.1. The minimum Gasteiger partial charge on any atom is -0.462 e. The SMILES string of the molecule is CC/C=C\C/C=C\C/C=C\CCCCC(=O)OC(COC(=O)CCC/C=C\C/C=C\C/C=C\C/C=C\CCCCC)COC(=O)CCCCCCC/C=C\CCCCC. The lowest BCUT2D eigenvalue weighted by Crippen LogP contribution is -2.30. The summed E-state index contributed by atoms with van der Waals surface area (Å²) in [6.07, 6.45) is 61.1. The van der Waals surface area contributed by atoms with Gasteiger partial charge in [0.05, 0.1) is 0 Å². The van der Waals surface area contributed by atoms with Crippen LogP contribution in [-0.4, -0.2) is 37.2 Å². The predicted octanol–water partition coefficient (Wildman–Crippen LogP) is 15.4. The lowest BCUT2D eigenvalue weighted by atomic mass is 10.1. The minimum absolute atomic E-state index is 0.116. The van der Waals surface area contributed by atoms with Gasteiger partial charge in [-0.15, -0.1) is 0 Å². The quantitative estimate of drug-likeness (QED) is 0.0265. The van der Waals surface area contributed by atoms with E-state index in [4.69, 9.17) is 14.2 Å². The van der Waals surface area contributed by atoms with Crippen molar-refractivity contribution < 1.29 is 28.6 Å². The van der Waals surface area contributed by atoms with E-state index in [-0.39, 0.29) is 44.0 Å². The van der Waals surface area contributed by atoms with Gasteiger partial charge in [-0.3, -0.25) is 14.4 Å². The first-order valence-electron chi connectivity index (χ1n) is 23.7. The third-order valence-corrected chi connectivity index (χ3v) is 9.54. The maximum Gasteiger partial charge on any atom is 0.306 e. The van der Waals surface area contributed by atoms with Gasteiger partial charge in [0, 0.05) is 19.3 Å². The van der Waals surface area contributed by atoms with Crippen molar-refractivity contribution in [1.82, 2.24) is 0 Å². The summed E-state index contributed by atoms with van der Waals surface area (Å²) in [7, 11) is 0. The summed E-state index contributed by atoms with van der Waals surface area (Å²) in [6.45, 7) is 6.35. The van der Waals surface area contributed by atoms with Crippen LogP contribution in [0.2, 0.25) is 0 Å². The zero-order valence-electron chi connectivity index (χ0n) is 38.0. The number of esters is 3. The fourth-order valence-electron chi connectivity index (χ4n) is 5.97. The second-order valence-corrected chi connectivity index (χ2v) is 15.3. The van der Waals surface area contributed by atoms with Crippen LogP contribution in [0.15, 0.2) is 97.2 Å². The number of hydrogen-bond donors (Lipinski definition) is 0. The molecule has 334 valence electrons. The normalized spacial score (nSPS) is 12.9. The van der Waals surface area contributed by atoms with Gasteiger partial charge in [0.15, 0.2) is 6.10 Å². The molecule has 0 aliphatic carbocycles.